The molecular weight excluding hydrogens is 412 g/mol. The van der Waals surface area contributed by atoms with Crippen molar-refractivity contribution in [1.29, 1.82) is 0 Å². The van der Waals surface area contributed by atoms with E-state index in [-0.39, 0.29) is 12.1 Å². The van der Waals surface area contributed by atoms with Crippen LogP contribution in [0, 0.1) is 12.8 Å². The molecule has 2 aliphatic heterocycles. The van der Waals surface area contributed by atoms with Gasteiger partial charge in [0.15, 0.2) is 12.1 Å². The van der Waals surface area contributed by atoms with Crippen LogP contribution in [-0.4, -0.2) is 44.9 Å². The number of rotatable bonds is 5. The molecule has 0 unspecified atom stereocenters. The predicted octanol–water partition coefficient (Wildman–Crippen LogP) is 4.18. The fourth-order valence-electron chi connectivity index (χ4n) is 4.86. The third kappa shape index (κ3) is 3.85. The maximum atomic E-state index is 11.9. The summed E-state index contributed by atoms with van der Waals surface area (Å²) in [6.07, 6.45) is 9.19. The predicted molar refractivity (Wildman–Crippen MR) is 121 cm³/mol. The number of nitrogens with one attached hydrogen (secondary N) is 1. The highest BCUT2D eigenvalue weighted by Crippen LogP contribution is 2.40. The molecule has 0 amide bonds. The summed E-state index contributed by atoms with van der Waals surface area (Å²) >= 11 is 5.98. The second kappa shape index (κ2) is 8.23. The molecule has 3 atom stereocenters. The Morgan fingerprint density at radius 3 is 2.74 bits per heavy atom. The summed E-state index contributed by atoms with van der Waals surface area (Å²) in [5, 5.41) is 4.22. The monoisotopic (exact) mass is 434 g/mol. The van der Waals surface area contributed by atoms with Gasteiger partial charge in [-0.3, -0.25) is 4.79 Å². The number of hydrogen-bond donors (Lipinski definition) is 1. The lowest BCUT2D eigenvalue weighted by molar-refractivity contribution is 0.111. The highest BCUT2D eigenvalue weighted by atomic mass is 35.5. The standard InChI is InChI=1S/C23H23ClN6O/c1-14-9-17(22-25-7-2-8-26-22)19(13-31)29-23(14)30-12-15-3-5-20(30)18(10-15)28-21-6-4-16(24)11-27-21/h2,4,6-9,11,13,15,18,20H,3,5,10,12H2,1H3,(H,27,28)/t15-,18-,20+/m1/s1. The number of aryl methyl sites for hydroxylation is 1. The van der Waals surface area contributed by atoms with Crippen molar-refractivity contribution in [2.45, 2.75) is 38.3 Å². The number of carbonyl (C=O) groups excluding carboxylic acids is 1. The maximum Gasteiger partial charge on any atom is 0.169 e. The summed E-state index contributed by atoms with van der Waals surface area (Å²) in [7, 11) is 0. The molecule has 3 aliphatic rings. The first-order chi connectivity index (χ1) is 15.1. The van der Waals surface area contributed by atoms with Crippen LogP contribution in [0.5, 0.6) is 0 Å². The number of nitrogens with zero attached hydrogens (tertiary/aromatic N) is 5. The van der Waals surface area contributed by atoms with Gasteiger partial charge in [-0.25, -0.2) is 19.9 Å². The lowest BCUT2D eigenvalue weighted by Gasteiger charge is -2.51. The van der Waals surface area contributed by atoms with E-state index in [0.717, 1.165) is 42.9 Å². The van der Waals surface area contributed by atoms with Crippen molar-refractivity contribution in [3.05, 3.63) is 59.1 Å². The van der Waals surface area contributed by atoms with Gasteiger partial charge in [-0.2, -0.15) is 0 Å². The highest BCUT2D eigenvalue weighted by Gasteiger charge is 2.42. The Labute approximate surface area is 185 Å². The zero-order valence-electron chi connectivity index (χ0n) is 17.2. The normalized spacial score (nSPS) is 22.4. The molecule has 0 aromatic carbocycles. The second-order valence-corrected chi connectivity index (χ2v) is 8.70. The van der Waals surface area contributed by atoms with Gasteiger partial charge in [-0.15, -0.1) is 0 Å². The number of aromatic nitrogens is 4. The van der Waals surface area contributed by atoms with Crippen molar-refractivity contribution >= 4 is 29.5 Å². The lowest BCUT2D eigenvalue weighted by Crippen LogP contribution is -2.58. The molecule has 3 aromatic rings. The molecule has 7 nitrogen and oxygen atoms in total. The second-order valence-electron chi connectivity index (χ2n) is 8.26. The first-order valence-electron chi connectivity index (χ1n) is 10.5. The van der Waals surface area contributed by atoms with Gasteiger partial charge in [0, 0.05) is 36.7 Å². The van der Waals surface area contributed by atoms with Crippen molar-refractivity contribution < 1.29 is 4.79 Å². The van der Waals surface area contributed by atoms with Gasteiger partial charge in [-0.1, -0.05) is 11.6 Å². The number of fused-ring (bicyclic) bond motifs is 3. The third-order valence-electron chi connectivity index (χ3n) is 6.24. The first-order valence-corrected chi connectivity index (χ1v) is 10.9. The summed E-state index contributed by atoms with van der Waals surface area (Å²) < 4.78 is 0. The molecule has 0 spiro atoms. The molecule has 158 valence electrons. The number of carbonyl (C=O) groups is 1. The molecule has 31 heavy (non-hydrogen) atoms. The summed E-state index contributed by atoms with van der Waals surface area (Å²) in [4.78, 5) is 32.0. The molecule has 0 radical (unpaired) electrons. The molecule has 2 saturated heterocycles. The Morgan fingerprint density at radius 2 is 2.03 bits per heavy atom. The Kier molecular flexibility index (Phi) is 5.28. The van der Waals surface area contributed by atoms with E-state index in [2.05, 4.69) is 25.2 Å². The van der Waals surface area contributed by atoms with Gasteiger partial charge in [0.2, 0.25) is 0 Å². The molecule has 2 bridgehead atoms. The van der Waals surface area contributed by atoms with Crippen LogP contribution in [0.25, 0.3) is 11.4 Å². The van der Waals surface area contributed by atoms with Crippen molar-refractivity contribution in [3.8, 4) is 11.4 Å². The van der Waals surface area contributed by atoms with Crippen LogP contribution in [0.1, 0.15) is 35.3 Å². The number of halogens is 1. The average Bonchev–Trinajstić information content (AvgIpc) is 2.81. The minimum atomic E-state index is 0.263. The van der Waals surface area contributed by atoms with Crippen LogP contribution in [0.4, 0.5) is 11.6 Å². The van der Waals surface area contributed by atoms with Crippen molar-refractivity contribution in [2.24, 2.45) is 5.92 Å². The van der Waals surface area contributed by atoms with E-state index in [1.54, 1.807) is 24.7 Å². The highest BCUT2D eigenvalue weighted by molar-refractivity contribution is 6.30. The number of aldehydes is 1. The third-order valence-corrected chi connectivity index (χ3v) is 6.47. The van der Waals surface area contributed by atoms with Crippen LogP contribution < -0.4 is 10.2 Å². The minimum absolute atomic E-state index is 0.263. The first kappa shape index (κ1) is 19.9. The van der Waals surface area contributed by atoms with Crippen LogP contribution >= 0.6 is 11.6 Å². The van der Waals surface area contributed by atoms with Gasteiger partial charge in [0.25, 0.3) is 0 Å². The lowest BCUT2D eigenvalue weighted by atomic mass is 9.76. The molecule has 3 fully saturated rings. The number of piperidine rings is 2. The van der Waals surface area contributed by atoms with Crippen molar-refractivity contribution in [1.82, 2.24) is 19.9 Å². The van der Waals surface area contributed by atoms with E-state index in [1.807, 2.05) is 25.1 Å². The van der Waals surface area contributed by atoms with E-state index in [9.17, 15) is 4.79 Å². The number of anilines is 2. The van der Waals surface area contributed by atoms with Crippen LogP contribution in [0.3, 0.4) is 0 Å². The Bertz CT molecular complexity index is 1090. The largest absolute Gasteiger partial charge is 0.365 e. The maximum absolute atomic E-state index is 11.9. The average molecular weight is 435 g/mol. The quantitative estimate of drug-likeness (QED) is 0.603. The van der Waals surface area contributed by atoms with E-state index < -0.39 is 0 Å². The SMILES string of the molecule is Cc1cc(-c2ncccn2)c(C=O)nc1N1C[C@@H]2CC[C@H]1[C@H](Nc1ccc(Cl)cn1)C2. The molecule has 1 aliphatic carbocycles. The van der Waals surface area contributed by atoms with E-state index in [0.29, 0.717) is 28.0 Å². The van der Waals surface area contributed by atoms with Gasteiger partial charge in [-0.05, 0) is 61.9 Å². The Hall–Kier alpha value is -3.06. The molecule has 8 heteroatoms. The van der Waals surface area contributed by atoms with Gasteiger partial charge in [0.1, 0.15) is 17.3 Å². The molecule has 3 aromatic heterocycles. The topological polar surface area (TPSA) is 83.9 Å². The van der Waals surface area contributed by atoms with Gasteiger partial charge in [0.05, 0.1) is 11.1 Å². The minimum Gasteiger partial charge on any atom is -0.365 e. The fourth-order valence-corrected chi connectivity index (χ4v) is 4.97. The summed E-state index contributed by atoms with van der Waals surface area (Å²) in [5.41, 5.74) is 2.06. The van der Waals surface area contributed by atoms with Crippen LogP contribution in [0.15, 0.2) is 42.9 Å². The van der Waals surface area contributed by atoms with E-state index in [4.69, 9.17) is 16.6 Å². The fraction of sp³-hybridized carbons (Fsp3) is 0.348. The van der Waals surface area contributed by atoms with Crippen LogP contribution in [-0.2, 0) is 0 Å². The molecular formula is C23H23ClN6O. The molecule has 1 saturated carbocycles. The molecule has 5 heterocycles. The number of hydrogen-bond acceptors (Lipinski definition) is 7. The number of pyridine rings is 2. The van der Waals surface area contributed by atoms with Crippen LogP contribution in [0.2, 0.25) is 5.02 Å². The summed E-state index contributed by atoms with van der Waals surface area (Å²) in [5.74, 6) is 2.79. The van der Waals surface area contributed by atoms with E-state index in [1.165, 1.54) is 6.42 Å². The molecule has 1 N–H and O–H groups in total. The smallest absolute Gasteiger partial charge is 0.169 e. The van der Waals surface area contributed by atoms with Gasteiger partial charge < -0.3 is 10.2 Å². The van der Waals surface area contributed by atoms with Crippen molar-refractivity contribution in [3.63, 3.8) is 0 Å². The Morgan fingerprint density at radius 1 is 1.19 bits per heavy atom. The zero-order valence-corrected chi connectivity index (χ0v) is 18.0. The summed E-state index contributed by atoms with van der Waals surface area (Å²) in [6.45, 7) is 2.99. The summed E-state index contributed by atoms with van der Waals surface area (Å²) in [6, 6.07) is 8.05. The molecule has 6 rings (SSSR count). The van der Waals surface area contributed by atoms with E-state index >= 15 is 0 Å². The van der Waals surface area contributed by atoms with Gasteiger partial charge >= 0.3 is 0 Å². The van der Waals surface area contributed by atoms with Crippen molar-refractivity contribution in [2.75, 3.05) is 16.8 Å². The Balaban J connectivity index is 1.46. The zero-order chi connectivity index (χ0) is 21.4.